The summed E-state index contributed by atoms with van der Waals surface area (Å²) in [6, 6.07) is 19.7. The number of carbonyl (C=O) groups excluding carboxylic acids is 1. The number of benzene rings is 2. The average Bonchev–Trinajstić information content (AvgIpc) is 3.67. The van der Waals surface area contributed by atoms with Crippen LogP contribution in [-0.2, 0) is 16.1 Å². The molecule has 1 aliphatic rings. The van der Waals surface area contributed by atoms with Crippen LogP contribution in [0.2, 0.25) is 0 Å². The second-order valence-corrected chi connectivity index (χ2v) is 12.7. The molecule has 0 N–H and O–H groups in total. The number of carbonyl (C=O) groups is 1. The van der Waals surface area contributed by atoms with Gasteiger partial charge in [-0.05, 0) is 43.2 Å². The van der Waals surface area contributed by atoms with Crippen molar-refractivity contribution in [3.05, 3.63) is 90.4 Å². The van der Waals surface area contributed by atoms with Gasteiger partial charge in [-0.1, -0.05) is 67.0 Å². The van der Waals surface area contributed by atoms with Crippen molar-refractivity contribution in [1.29, 1.82) is 5.26 Å². The van der Waals surface area contributed by atoms with Crippen molar-refractivity contribution in [1.82, 2.24) is 14.3 Å². The first-order chi connectivity index (χ1) is 19.2. The van der Waals surface area contributed by atoms with E-state index < -0.39 is 5.41 Å². The number of hydrogen-bond acceptors (Lipinski definition) is 6. The second-order valence-electron chi connectivity index (χ2n) is 10.8. The highest BCUT2D eigenvalue weighted by molar-refractivity contribution is 9.10. The van der Waals surface area contributed by atoms with Gasteiger partial charge in [-0.2, -0.15) is 10.4 Å². The molecule has 1 unspecified atom stereocenters. The zero-order chi connectivity index (χ0) is 28.4. The van der Waals surface area contributed by atoms with E-state index in [0.29, 0.717) is 28.0 Å². The summed E-state index contributed by atoms with van der Waals surface area (Å²) in [4.78, 5) is 27.1. The Balaban J connectivity index is 1.76. The smallest absolute Gasteiger partial charge is 0.269 e. The Kier molecular flexibility index (Phi) is 8.04. The van der Waals surface area contributed by atoms with Crippen molar-refractivity contribution in [3.63, 3.8) is 0 Å². The largest absolute Gasteiger partial charge is 0.376 e. The predicted octanol–water partition coefficient (Wildman–Crippen LogP) is 4.82. The van der Waals surface area contributed by atoms with E-state index in [1.807, 2.05) is 66.9 Å². The predicted molar refractivity (Wildman–Crippen MR) is 161 cm³/mol. The molecule has 40 heavy (non-hydrogen) atoms. The molecule has 1 fully saturated rings. The summed E-state index contributed by atoms with van der Waals surface area (Å²) in [5.41, 5.74) is 2.21. The fraction of sp³-hybridized carbons (Fsp3) is 0.290. The molecule has 0 radical (unpaired) electrons. The molecule has 4 aromatic rings. The van der Waals surface area contributed by atoms with E-state index in [9.17, 15) is 14.9 Å². The SMILES string of the molecule is CC(C)(C)C(=O)C(C#N)=c1sc(=Cc2cn(-c3ccccc3)nc2-c2cccc(Br)c2)c(=O)n1CC1CCCO1. The standard InChI is InChI=1S/C31H29BrN4O3S/c1-31(2,3)28(37)25(17-33)30-35(19-24-13-8-14-39-24)29(38)26(40-30)16-21-18-36(23-11-5-4-6-12-23)34-27(21)20-9-7-10-22(32)15-20/h4-7,9-12,15-16,18,24H,8,13-14,19H2,1-3H3. The van der Waals surface area contributed by atoms with Crippen molar-refractivity contribution < 1.29 is 9.53 Å². The van der Waals surface area contributed by atoms with Crippen LogP contribution in [0.25, 0.3) is 28.6 Å². The number of hydrogen-bond donors (Lipinski definition) is 0. The Morgan fingerprint density at radius 1 is 1.23 bits per heavy atom. The third-order valence-corrected chi connectivity index (χ3v) is 8.32. The zero-order valence-electron chi connectivity index (χ0n) is 22.6. The van der Waals surface area contributed by atoms with Crippen LogP contribution in [-0.4, -0.2) is 32.8 Å². The van der Waals surface area contributed by atoms with Crippen LogP contribution >= 0.6 is 27.3 Å². The monoisotopic (exact) mass is 616 g/mol. The van der Waals surface area contributed by atoms with Gasteiger partial charge in [0.25, 0.3) is 5.56 Å². The molecule has 0 spiro atoms. The van der Waals surface area contributed by atoms with E-state index in [0.717, 1.165) is 34.1 Å². The number of ketones is 1. The maximum Gasteiger partial charge on any atom is 0.269 e. The van der Waals surface area contributed by atoms with E-state index in [-0.39, 0.29) is 23.0 Å². The lowest BCUT2D eigenvalue weighted by Gasteiger charge is -2.16. The van der Waals surface area contributed by atoms with Gasteiger partial charge in [0, 0.05) is 33.8 Å². The Hall–Kier alpha value is -3.58. The lowest BCUT2D eigenvalue weighted by molar-refractivity contribution is -0.120. The molecule has 9 heteroatoms. The van der Waals surface area contributed by atoms with Crippen LogP contribution in [0.4, 0.5) is 0 Å². The number of halogens is 1. The summed E-state index contributed by atoms with van der Waals surface area (Å²) >= 11 is 4.71. The number of Topliss-reactive ketones (excluding diaryl/α,β-unsaturated/α-hetero) is 1. The van der Waals surface area contributed by atoms with Gasteiger partial charge in [0.15, 0.2) is 5.78 Å². The lowest BCUT2D eigenvalue weighted by Crippen LogP contribution is -2.37. The number of nitrogens with zero attached hydrogens (tertiary/aromatic N) is 4. The van der Waals surface area contributed by atoms with E-state index in [2.05, 4.69) is 22.0 Å². The Bertz CT molecular complexity index is 1780. The van der Waals surface area contributed by atoms with Crippen LogP contribution in [0.15, 0.2) is 70.1 Å². The van der Waals surface area contributed by atoms with Gasteiger partial charge in [0.05, 0.1) is 22.9 Å². The van der Waals surface area contributed by atoms with Crippen LogP contribution in [0, 0.1) is 16.7 Å². The fourth-order valence-electron chi connectivity index (χ4n) is 4.64. The maximum absolute atomic E-state index is 13.9. The number of thiazole rings is 1. The molecule has 1 aliphatic heterocycles. The summed E-state index contributed by atoms with van der Waals surface area (Å²) in [6.07, 6.45) is 5.31. The van der Waals surface area contributed by atoms with Crippen molar-refractivity contribution in [3.8, 4) is 23.0 Å². The number of rotatable bonds is 6. The molecule has 3 heterocycles. The summed E-state index contributed by atoms with van der Waals surface area (Å²) < 4.78 is 10.9. The Morgan fingerprint density at radius 3 is 2.65 bits per heavy atom. The molecule has 0 saturated carbocycles. The topological polar surface area (TPSA) is 89.9 Å². The third kappa shape index (κ3) is 5.80. The highest BCUT2D eigenvalue weighted by Gasteiger charge is 2.28. The van der Waals surface area contributed by atoms with Crippen molar-refractivity contribution >= 4 is 44.7 Å². The number of para-hydroxylation sites is 1. The summed E-state index contributed by atoms with van der Waals surface area (Å²) in [6.45, 7) is 6.26. The lowest BCUT2D eigenvalue weighted by atomic mass is 9.87. The van der Waals surface area contributed by atoms with E-state index >= 15 is 0 Å². The van der Waals surface area contributed by atoms with Gasteiger partial charge in [-0.15, -0.1) is 11.3 Å². The fourth-order valence-corrected chi connectivity index (χ4v) is 6.14. The minimum atomic E-state index is -0.769. The first-order valence-electron chi connectivity index (χ1n) is 13.1. The molecule has 1 saturated heterocycles. The highest BCUT2D eigenvalue weighted by Crippen LogP contribution is 2.27. The molecule has 0 bridgehead atoms. The zero-order valence-corrected chi connectivity index (χ0v) is 25.0. The van der Waals surface area contributed by atoms with Gasteiger partial charge in [0.2, 0.25) is 0 Å². The number of nitriles is 1. The molecule has 2 aromatic heterocycles. The van der Waals surface area contributed by atoms with Crippen molar-refractivity contribution in [2.24, 2.45) is 5.41 Å². The van der Waals surface area contributed by atoms with Gasteiger partial charge in [-0.25, -0.2) is 4.68 Å². The van der Waals surface area contributed by atoms with Crippen LogP contribution in [0.5, 0.6) is 0 Å². The molecule has 2 aromatic carbocycles. The average molecular weight is 618 g/mol. The van der Waals surface area contributed by atoms with Crippen LogP contribution in [0.1, 0.15) is 39.2 Å². The van der Waals surface area contributed by atoms with Crippen LogP contribution < -0.4 is 14.8 Å². The van der Waals surface area contributed by atoms with Gasteiger partial charge in [-0.3, -0.25) is 14.2 Å². The van der Waals surface area contributed by atoms with E-state index in [1.165, 1.54) is 11.3 Å². The van der Waals surface area contributed by atoms with Gasteiger partial charge in [0.1, 0.15) is 22.0 Å². The van der Waals surface area contributed by atoms with Crippen LogP contribution in [0.3, 0.4) is 0 Å². The third-order valence-electron chi connectivity index (χ3n) is 6.70. The summed E-state index contributed by atoms with van der Waals surface area (Å²) in [7, 11) is 0. The Labute approximate surface area is 244 Å². The van der Waals surface area contributed by atoms with Gasteiger partial charge >= 0.3 is 0 Å². The number of aromatic nitrogens is 3. The normalized spacial score (nSPS) is 16.7. The maximum atomic E-state index is 13.9. The minimum absolute atomic E-state index is 0.000518. The molecular weight excluding hydrogens is 588 g/mol. The highest BCUT2D eigenvalue weighted by atomic mass is 79.9. The minimum Gasteiger partial charge on any atom is -0.376 e. The molecule has 5 rings (SSSR count). The molecule has 0 amide bonds. The number of ether oxygens (including phenoxy) is 1. The van der Waals surface area contributed by atoms with E-state index in [1.54, 1.807) is 30.0 Å². The van der Waals surface area contributed by atoms with Gasteiger partial charge < -0.3 is 4.74 Å². The van der Waals surface area contributed by atoms with Crippen molar-refractivity contribution in [2.75, 3.05) is 6.61 Å². The summed E-state index contributed by atoms with van der Waals surface area (Å²) in [5.74, 6) is -0.296. The van der Waals surface area contributed by atoms with Crippen molar-refractivity contribution in [2.45, 2.75) is 46.3 Å². The molecule has 0 aliphatic carbocycles. The first-order valence-corrected chi connectivity index (χ1v) is 14.7. The second kappa shape index (κ2) is 11.5. The molecule has 1 atom stereocenters. The first kappa shape index (κ1) is 28.0. The summed E-state index contributed by atoms with van der Waals surface area (Å²) in [5, 5.41) is 14.9. The molecular formula is C31H29BrN4O3S. The quantitative estimate of drug-likeness (QED) is 0.310. The molecule has 204 valence electrons. The Morgan fingerprint density at radius 2 is 2.00 bits per heavy atom. The molecule has 7 nitrogen and oxygen atoms in total. The van der Waals surface area contributed by atoms with E-state index in [4.69, 9.17) is 9.84 Å².